The molecule has 0 aromatic carbocycles. The Morgan fingerprint density at radius 3 is 1.41 bits per heavy atom. The van der Waals surface area contributed by atoms with Gasteiger partial charge in [-0.3, -0.25) is 15.0 Å². The van der Waals surface area contributed by atoms with Crippen molar-refractivity contribution in [2.45, 2.75) is 12.5 Å². The molecule has 3 aromatic heterocycles. The van der Waals surface area contributed by atoms with E-state index in [1.807, 2.05) is 61.5 Å². The third-order valence-electron chi connectivity index (χ3n) is 3.44. The number of ether oxygens (including phenoxy) is 1. The lowest BCUT2D eigenvalue weighted by Gasteiger charge is -2.32. The van der Waals surface area contributed by atoms with Crippen LogP contribution in [0.2, 0.25) is 0 Å². The molecule has 0 atom stereocenters. The smallest absolute Gasteiger partial charge is 0.193 e. The fourth-order valence-corrected chi connectivity index (χ4v) is 2.55. The SMILES string of the molecule is CCOC(c1ccccn1)(c1ccccn1)c1ccccn1. The van der Waals surface area contributed by atoms with Crippen molar-refractivity contribution in [2.75, 3.05) is 6.61 Å². The molecule has 0 aliphatic carbocycles. The van der Waals surface area contributed by atoms with Crippen LogP contribution in [0.5, 0.6) is 0 Å². The molecule has 0 radical (unpaired) electrons. The largest absolute Gasteiger partial charge is 0.356 e. The molecule has 0 fully saturated rings. The molecule has 0 amide bonds. The van der Waals surface area contributed by atoms with Gasteiger partial charge in [0.1, 0.15) is 0 Å². The normalized spacial score (nSPS) is 11.3. The highest BCUT2D eigenvalue weighted by Gasteiger charge is 2.41. The summed E-state index contributed by atoms with van der Waals surface area (Å²) in [5.41, 5.74) is 1.41. The summed E-state index contributed by atoms with van der Waals surface area (Å²) < 4.78 is 6.20. The first-order valence-electron chi connectivity index (χ1n) is 7.26. The van der Waals surface area contributed by atoms with E-state index in [9.17, 15) is 0 Å². The van der Waals surface area contributed by atoms with Crippen LogP contribution in [0.4, 0.5) is 0 Å². The van der Waals surface area contributed by atoms with Crippen molar-refractivity contribution in [3.63, 3.8) is 0 Å². The molecule has 0 bridgehead atoms. The molecule has 22 heavy (non-hydrogen) atoms. The minimum atomic E-state index is -0.904. The number of nitrogens with zero attached hydrogens (tertiary/aromatic N) is 3. The number of hydrogen-bond acceptors (Lipinski definition) is 4. The van der Waals surface area contributed by atoms with Gasteiger partial charge in [0, 0.05) is 25.2 Å². The van der Waals surface area contributed by atoms with Crippen molar-refractivity contribution in [3.05, 3.63) is 90.3 Å². The van der Waals surface area contributed by atoms with Crippen molar-refractivity contribution in [1.82, 2.24) is 15.0 Å². The average molecular weight is 291 g/mol. The number of rotatable bonds is 5. The number of hydrogen-bond donors (Lipinski definition) is 0. The maximum absolute atomic E-state index is 6.20. The minimum Gasteiger partial charge on any atom is -0.356 e. The van der Waals surface area contributed by atoms with Crippen LogP contribution in [-0.4, -0.2) is 21.6 Å². The van der Waals surface area contributed by atoms with Crippen LogP contribution in [-0.2, 0) is 10.3 Å². The Kier molecular flexibility index (Phi) is 4.21. The van der Waals surface area contributed by atoms with E-state index in [2.05, 4.69) is 15.0 Å². The molecule has 0 unspecified atom stereocenters. The van der Waals surface area contributed by atoms with E-state index in [1.54, 1.807) is 18.6 Å². The molecular formula is C18H17N3O. The second-order valence-electron chi connectivity index (χ2n) is 4.76. The third kappa shape index (κ3) is 2.49. The van der Waals surface area contributed by atoms with Crippen LogP contribution in [0.25, 0.3) is 0 Å². The predicted molar refractivity (Wildman–Crippen MR) is 84.2 cm³/mol. The lowest BCUT2D eigenvalue weighted by Crippen LogP contribution is -2.35. The van der Waals surface area contributed by atoms with Gasteiger partial charge in [-0.05, 0) is 43.3 Å². The van der Waals surface area contributed by atoms with Gasteiger partial charge in [0.15, 0.2) is 5.60 Å². The highest BCUT2D eigenvalue weighted by atomic mass is 16.5. The monoisotopic (exact) mass is 291 g/mol. The summed E-state index contributed by atoms with van der Waals surface area (Å²) in [6, 6.07) is 17.3. The Morgan fingerprint density at radius 1 is 0.727 bits per heavy atom. The summed E-state index contributed by atoms with van der Waals surface area (Å²) in [5, 5.41) is 0. The van der Waals surface area contributed by atoms with Gasteiger partial charge in [0.25, 0.3) is 0 Å². The zero-order valence-electron chi connectivity index (χ0n) is 12.4. The standard InChI is InChI=1S/C18H17N3O/c1-2-22-18(15-9-3-6-12-19-15,16-10-4-7-13-20-16)17-11-5-8-14-21-17/h3-14H,2H2,1H3. The summed E-state index contributed by atoms with van der Waals surface area (Å²) >= 11 is 0. The summed E-state index contributed by atoms with van der Waals surface area (Å²) in [4.78, 5) is 13.6. The first-order chi connectivity index (χ1) is 10.9. The molecule has 4 heteroatoms. The van der Waals surface area contributed by atoms with Crippen molar-refractivity contribution in [3.8, 4) is 0 Å². The lowest BCUT2D eigenvalue weighted by atomic mass is 9.89. The number of aromatic nitrogens is 3. The van der Waals surface area contributed by atoms with Gasteiger partial charge in [0.2, 0.25) is 0 Å². The van der Waals surface area contributed by atoms with Crippen LogP contribution in [0.3, 0.4) is 0 Å². The van der Waals surface area contributed by atoms with E-state index in [0.29, 0.717) is 6.61 Å². The molecule has 3 rings (SSSR count). The van der Waals surface area contributed by atoms with Crippen LogP contribution in [0, 0.1) is 0 Å². The van der Waals surface area contributed by atoms with E-state index >= 15 is 0 Å². The van der Waals surface area contributed by atoms with Crippen molar-refractivity contribution in [2.24, 2.45) is 0 Å². The van der Waals surface area contributed by atoms with Gasteiger partial charge < -0.3 is 4.74 Å². The Morgan fingerprint density at radius 2 is 1.14 bits per heavy atom. The topological polar surface area (TPSA) is 47.9 Å². The maximum Gasteiger partial charge on any atom is 0.193 e. The summed E-state index contributed by atoms with van der Waals surface area (Å²) in [5.74, 6) is 0. The molecule has 0 saturated heterocycles. The summed E-state index contributed by atoms with van der Waals surface area (Å²) in [6.07, 6.45) is 5.28. The van der Waals surface area contributed by atoms with Gasteiger partial charge in [-0.15, -0.1) is 0 Å². The minimum absolute atomic E-state index is 0.518. The first kappa shape index (κ1) is 14.4. The van der Waals surface area contributed by atoms with Crippen LogP contribution in [0.15, 0.2) is 73.2 Å². The maximum atomic E-state index is 6.20. The molecule has 4 nitrogen and oxygen atoms in total. The molecular weight excluding hydrogens is 274 g/mol. The fourth-order valence-electron chi connectivity index (χ4n) is 2.55. The molecule has 0 spiro atoms. The molecule has 110 valence electrons. The molecule has 0 N–H and O–H groups in total. The Bertz CT molecular complexity index is 606. The average Bonchev–Trinajstić information content (AvgIpc) is 2.62. The van der Waals surface area contributed by atoms with Crippen LogP contribution >= 0.6 is 0 Å². The van der Waals surface area contributed by atoms with Crippen molar-refractivity contribution < 1.29 is 4.74 Å². The van der Waals surface area contributed by atoms with Gasteiger partial charge in [-0.2, -0.15) is 0 Å². The third-order valence-corrected chi connectivity index (χ3v) is 3.44. The Hall–Kier alpha value is -2.59. The quantitative estimate of drug-likeness (QED) is 0.724. The molecule has 3 heterocycles. The highest BCUT2D eigenvalue weighted by molar-refractivity contribution is 5.38. The van der Waals surface area contributed by atoms with Gasteiger partial charge in [0.05, 0.1) is 17.1 Å². The summed E-state index contributed by atoms with van der Waals surface area (Å²) in [6.45, 7) is 2.48. The van der Waals surface area contributed by atoms with Crippen molar-refractivity contribution >= 4 is 0 Å². The van der Waals surface area contributed by atoms with E-state index in [0.717, 1.165) is 17.1 Å². The van der Waals surface area contributed by atoms with Crippen LogP contribution in [0.1, 0.15) is 24.0 Å². The van der Waals surface area contributed by atoms with E-state index < -0.39 is 5.60 Å². The second kappa shape index (κ2) is 6.45. The van der Waals surface area contributed by atoms with Crippen molar-refractivity contribution in [1.29, 1.82) is 0 Å². The van der Waals surface area contributed by atoms with E-state index in [-0.39, 0.29) is 0 Å². The highest BCUT2D eigenvalue weighted by Crippen LogP contribution is 2.36. The fraction of sp³-hybridized carbons (Fsp3) is 0.167. The van der Waals surface area contributed by atoms with Crippen LogP contribution < -0.4 is 0 Å². The number of pyridine rings is 3. The molecule has 0 aliphatic rings. The molecule has 0 aliphatic heterocycles. The van der Waals surface area contributed by atoms with E-state index in [4.69, 9.17) is 4.74 Å². The zero-order valence-corrected chi connectivity index (χ0v) is 12.4. The first-order valence-corrected chi connectivity index (χ1v) is 7.26. The second-order valence-corrected chi connectivity index (χ2v) is 4.76. The van der Waals surface area contributed by atoms with Gasteiger partial charge in [-0.1, -0.05) is 18.2 Å². The van der Waals surface area contributed by atoms with Gasteiger partial charge in [-0.25, -0.2) is 0 Å². The zero-order chi connectivity index (χ0) is 15.3. The van der Waals surface area contributed by atoms with E-state index in [1.165, 1.54) is 0 Å². The predicted octanol–water partition coefficient (Wildman–Crippen LogP) is 3.20. The summed E-state index contributed by atoms with van der Waals surface area (Å²) in [7, 11) is 0. The molecule has 0 saturated carbocycles. The Balaban J connectivity index is 2.29. The lowest BCUT2D eigenvalue weighted by molar-refractivity contribution is 0.0120. The molecule has 3 aromatic rings. The Labute approximate surface area is 129 Å². The van der Waals surface area contributed by atoms with Gasteiger partial charge >= 0.3 is 0 Å².